The highest BCUT2D eigenvalue weighted by Crippen LogP contribution is 2.76. The van der Waals surface area contributed by atoms with Gasteiger partial charge in [0, 0.05) is 25.9 Å². The summed E-state index contributed by atoms with van der Waals surface area (Å²) in [7, 11) is 1.75. The first kappa shape index (κ1) is 11.0. The second-order valence-electron chi connectivity index (χ2n) is 7.52. The highest BCUT2D eigenvalue weighted by molar-refractivity contribution is 5.94. The Balaban J connectivity index is 1.74. The molecule has 102 valence electrons. The SMILES string of the molecule is CO[C@H]1CC[C@H]2[C@@H]3C(=O)C[C@@H]4C[C@@H]5CC(=O)C12[C@@H]5[C@@H]43. The molecule has 0 amide bonds. The van der Waals surface area contributed by atoms with Crippen molar-refractivity contribution >= 4 is 11.6 Å². The summed E-state index contributed by atoms with van der Waals surface area (Å²) < 4.78 is 5.74. The van der Waals surface area contributed by atoms with Crippen LogP contribution >= 0.6 is 0 Å². The van der Waals surface area contributed by atoms with Crippen molar-refractivity contribution in [3.05, 3.63) is 0 Å². The second-order valence-corrected chi connectivity index (χ2v) is 7.52. The molecule has 1 unspecified atom stereocenters. The molecular formula is C16H20O3. The molecule has 0 heterocycles. The van der Waals surface area contributed by atoms with Crippen LogP contribution in [0.25, 0.3) is 0 Å². The van der Waals surface area contributed by atoms with E-state index in [0.29, 0.717) is 41.2 Å². The normalized spacial score (nSPS) is 61.0. The first-order valence-corrected chi connectivity index (χ1v) is 7.78. The van der Waals surface area contributed by atoms with E-state index < -0.39 is 0 Å². The van der Waals surface area contributed by atoms with Gasteiger partial charge in [-0.2, -0.15) is 0 Å². The molecule has 0 aromatic carbocycles. The summed E-state index contributed by atoms with van der Waals surface area (Å²) in [5.74, 6) is 3.63. The first-order chi connectivity index (χ1) is 9.19. The fraction of sp³-hybridized carbons (Fsp3) is 0.875. The standard InChI is InChI=1S/C16H20O3/c1-19-12-3-2-9-14-10(17)5-7-4-8-6-11(18)16(9,12)15(8)13(7)14/h7-9,12-15H,2-6H2,1H3/t7-,8+,9-,12-,13-,14+,15-,16?/m0/s1. The van der Waals surface area contributed by atoms with Crippen LogP contribution < -0.4 is 0 Å². The van der Waals surface area contributed by atoms with Gasteiger partial charge in [0.1, 0.15) is 11.6 Å². The molecule has 0 radical (unpaired) electrons. The van der Waals surface area contributed by atoms with E-state index in [1.54, 1.807) is 7.11 Å². The number of fused-ring (bicyclic) bond motifs is 1. The van der Waals surface area contributed by atoms with Gasteiger partial charge in [0.05, 0.1) is 11.5 Å². The maximum absolute atomic E-state index is 12.8. The Labute approximate surface area is 113 Å². The van der Waals surface area contributed by atoms with Crippen LogP contribution in [0.15, 0.2) is 0 Å². The Morgan fingerprint density at radius 2 is 2.00 bits per heavy atom. The third-order valence-corrected chi connectivity index (χ3v) is 7.41. The summed E-state index contributed by atoms with van der Waals surface area (Å²) in [4.78, 5) is 25.2. The van der Waals surface area contributed by atoms with Crippen LogP contribution in [0.3, 0.4) is 0 Å². The lowest BCUT2D eigenvalue weighted by Gasteiger charge is -2.35. The number of hydrogen-bond donors (Lipinski definition) is 0. The molecule has 5 saturated carbocycles. The largest absolute Gasteiger partial charge is 0.380 e. The number of carbonyl (C=O) groups excluding carboxylic acids is 2. The number of Topliss-reactive ketones (excluding diaryl/α,β-unsaturated/α-hetero) is 2. The molecule has 0 aromatic heterocycles. The van der Waals surface area contributed by atoms with Gasteiger partial charge in [-0.3, -0.25) is 9.59 Å². The number of carbonyl (C=O) groups is 2. The number of ketones is 2. The van der Waals surface area contributed by atoms with Gasteiger partial charge < -0.3 is 4.74 Å². The van der Waals surface area contributed by atoms with Crippen molar-refractivity contribution in [1.29, 1.82) is 0 Å². The Bertz CT molecular complexity index is 498. The number of methoxy groups -OCH3 is 1. The predicted octanol–water partition coefficient (Wildman–Crippen LogP) is 1.84. The van der Waals surface area contributed by atoms with Crippen LogP contribution in [0.2, 0.25) is 0 Å². The number of rotatable bonds is 1. The van der Waals surface area contributed by atoms with Crippen LogP contribution in [0.1, 0.15) is 32.1 Å². The van der Waals surface area contributed by atoms with Crippen molar-refractivity contribution in [3.63, 3.8) is 0 Å². The molecular weight excluding hydrogens is 240 g/mol. The molecule has 0 N–H and O–H groups in total. The molecule has 0 saturated heterocycles. The van der Waals surface area contributed by atoms with E-state index in [1.807, 2.05) is 0 Å². The Kier molecular flexibility index (Phi) is 1.82. The highest BCUT2D eigenvalue weighted by atomic mass is 16.5. The molecule has 19 heavy (non-hydrogen) atoms. The number of ether oxygens (including phenoxy) is 1. The minimum absolute atomic E-state index is 0.0946. The van der Waals surface area contributed by atoms with Crippen molar-refractivity contribution in [2.75, 3.05) is 7.11 Å². The molecule has 0 aromatic rings. The number of hydrogen-bond acceptors (Lipinski definition) is 3. The zero-order valence-corrected chi connectivity index (χ0v) is 11.3. The Morgan fingerprint density at radius 3 is 2.79 bits per heavy atom. The fourth-order valence-corrected chi connectivity index (χ4v) is 7.34. The minimum atomic E-state index is -0.250. The lowest BCUT2D eigenvalue weighted by molar-refractivity contribution is -0.137. The molecule has 5 aliphatic carbocycles. The monoisotopic (exact) mass is 260 g/mol. The summed E-state index contributed by atoms with van der Waals surface area (Å²) in [5.41, 5.74) is -0.250. The van der Waals surface area contributed by atoms with Gasteiger partial charge in [-0.05, 0) is 48.9 Å². The zero-order chi connectivity index (χ0) is 12.9. The van der Waals surface area contributed by atoms with Gasteiger partial charge in [-0.25, -0.2) is 0 Å². The van der Waals surface area contributed by atoms with E-state index in [2.05, 4.69) is 0 Å². The van der Waals surface area contributed by atoms with Crippen molar-refractivity contribution in [2.24, 2.45) is 40.9 Å². The van der Waals surface area contributed by atoms with Gasteiger partial charge in [0.2, 0.25) is 0 Å². The average molecular weight is 260 g/mol. The van der Waals surface area contributed by atoms with Crippen LogP contribution in [-0.4, -0.2) is 24.8 Å². The third kappa shape index (κ3) is 0.921. The smallest absolute Gasteiger partial charge is 0.142 e. The second kappa shape index (κ2) is 3.13. The van der Waals surface area contributed by atoms with Crippen LogP contribution in [0, 0.1) is 40.9 Å². The summed E-state index contributed by atoms with van der Waals surface area (Å²) in [6, 6.07) is 0. The van der Waals surface area contributed by atoms with Crippen LogP contribution in [0.4, 0.5) is 0 Å². The molecule has 5 aliphatic rings. The van der Waals surface area contributed by atoms with Crippen molar-refractivity contribution < 1.29 is 14.3 Å². The van der Waals surface area contributed by atoms with E-state index in [-0.39, 0.29) is 17.4 Å². The van der Waals surface area contributed by atoms with Gasteiger partial charge >= 0.3 is 0 Å². The molecule has 8 atom stereocenters. The summed E-state index contributed by atoms with van der Waals surface area (Å²) in [6.45, 7) is 0. The average Bonchev–Trinajstić information content (AvgIpc) is 3.05. The molecule has 3 heteroatoms. The predicted molar refractivity (Wildman–Crippen MR) is 67.3 cm³/mol. The maximum Gasteiger partial charge on any atom is 0.142 e. The van der Waals surface area contributed by atoms with E-state index >= 15 is 0 Å². The van der Waals surface area contributed by atoms with E-state index in [0.717, 1.165) is 32.1 Å². The molecule has 5 fully saturated rings. The summed E-state index contributed by atoms with van der Waals surface area (Å²) in [5, 5.41) is 0. The maximum atomic E-state index is 12.8. The van der Waals surface area contributed by atoms with E-state index in [1.165, 1.54) is 0 Å². The zero-order valence-electron chi connectivity index (χ0n) is 11.3. The van der Waals surface area contributed by atoms with Gasteiger partial charge in [-0.1, -0.05) is 0 Å². The molecule has 3 nitrogen and oxygen atoms in total. The van der Waals surface area contributed by atoms with Gasteiger partial charge in [0.25, 0.3) is 0 Å². The summed E-state index contributed by atoms with van der Waals surface area (Å²) >= 11 is 0. The third-order valence-electron chi connectivity index (χ3n) is 7.41. The minimum Gasteiger partial charge on any atom is -0.380 e. The van der Waals surface area contributed by atoms with Crippen molar-refractivity contribution in [1.82, 2.24) is 0 Å². The Morgan fingerprint density at radius 1 is 1.16 bits per heavy atom. The lowest BCUT2D eigenvalue weighted by Crippen LogP contribution is -2.43. The Hall–Kier alpha value is -0.700. The fourth-order valence-electron chi connectivity index (χ4n) is 7.34. The van der Waals surface area contributed by atoms with Gasteiger partial charge in [0.15, 0.2) is 0 Å². The lowest BCUT2D eigenvalue weighted by atomic mass is 9.71. The van der Waals surface area contributed by atoms with E-state index in [9.17, 15) is 9.59 Å². The summed E-state index contributed by atoms with van der Waals surface area (Å²) in [6.07, 6.45) is 4.83. The van der Waals surface area contributed by atoms with Crippen molar-refractivity contribution in [2.45, 2.75) is 38.2 Å². The topological polar surface area (TPSA) is 43.4 Å². The van der Waals surface area contributed by atoms with Crippen molar-refractivity contribution in [3.8, 4) is 0 Å². The van der Waals surface area contributed by atoms with E-state index in [4.69, 9.17) is 4.74 Å². The first-order valence-electron chi connectivity index (χ1n) is 7.78. The quantitative estimate of drug-likeness (QED) is 0.722. The molecule has 5 rings (SSSR count). The van der Waals surface area contributed by atoms with Gasteiger partial charge in [-0.15, -0.1) is 0 Å². The molecule has 0 aliphatic heterocycles. The van der Waals surface area contributed by atoms with Crippen LogP contribution in [0.5, 0.6) is 0 Å². The van der Waals surface area contributed by atoms with Crippen LogP contribution in [-0.2, 0) is 14.3 Å². The molecule has 1 spiro atoms. The highest BCUT2D eigenvalue weighted by Gasteiger charge is 2.79. The molecule has 0 bridgehead atoms.